The highest BCUT2D eigenvalue weighted by atomic mass is 19.1. The molecule has 2 aromatic rings. The van der Waals surface area contributed by atoms with Crippen molar-refractivity contribution in [2.45, 2.75) is 33.7 Å². The van der Waals surface area contributed by atoms with E-state index in [4.69, 9.17) is 4.42 Å². The predicted octanol–water partition coefficient (Wildman–Crippen LogP) is 4.18. The Bertz CT molecular complexity index is 599. The molecule has 1 unspecified atom stereocenters. The Labute approximate surface area is 117 Å². The van der Waals surface area contributed by atoms with Gasteiger partial charge >= 0.3 is 0 Å². The maximum absolute atomic E-state index is 13.5. The summed E-state index contributed by atoms with van der Waals surface area (Å²) in [4.78, 5) is 0. The zero-order chi connectivity index (χ0) is 14.9. The second-order valence-corrected chi connectivity index (χ2v) is 4.95. The van der Waals surface area contributed by atoms with E-state index in [0.717, 1.165) is 28.7 Å². The monoisotopic (exact) mass is 279 g/mol. The first kappa shape index (κ1) is 14.7. The van der Waals surface area contributed by atoms with Gasteiger partial charge in [-0.2, -0.15) is 0 Å². The third kappa shape index (κ3) is 2.75. The van der Waals surface area contributed by atoms with Gasteiger partial charge in [0.05, 0.1) is 6.04 Å². The molecule has 0 amide bonds. The van der Waals surface area contributed by atoms with Crippen LogP contribution in [0.3, 0.4) is 0 Å². The molecule has 20 heavy (non-hydrogen) atoms. The summed E-state index contributed by atoms with van der Waals surface area (Å²) in [6.45, 7) is 8.36. The van der Waals surface area contributed by atoms with E-state index in [1.165, 1.54) is 12.1 Å². The van der Waals surface area contributed by atoms with Gasteiger partial charge in [-0.05, 0) is 50.6 Å². The molecule has 0 saturated heterocycles. The largest absolute Gasteiger partial charge is 0.466 e. The van der Waals surface area contributed by atoms with E-state index in [-0.39, 0.29) is 6.04 Å². The van der Waals surface area contributed by atoms with E-state index in [2.05, 4.69) is 5.32 Å². The van der Waals surface area contributed by atoms with E-state index in [0.29, 0.717) is 12.1 Å². The van der Waals surface area contributed by atoms with Gasteiger partial charge in [-0.15, -0.1) is 0 Å². The lowest BCUT2D eigenvalue weighted by Gasteiger charge is -2.19. The Balaban J connectivity index is 2.55. The van der Waals surface area contributed by atoms with Crippen LogP contribution in [0.25, 0.3) is 0 Å². The van der Waals surface area contributed by atoms with Crippen LogP contribution in [-0.4, -0.2) is 6.54 Å². The zero-order valence-corrected chi connectivity index (χ0v) is 12.2. The lowest BCUT2D eigenvalue weighted by Crippen LogP contribution is -2.23. The van der Waals surface area contributed by atoms with Crippen LogP contribution in [0, 0.1) is 32.4 Å². The quantitative estimate of drug-likeness (QED) is 0.908. The molecular weight excluding hydrogens is 260 g/mol. The number of halogens is 2. The smallest absolute Gasteiger partial charge is 0.126 e. The fraction of sp³-hybridized carbons (Fsp3) is 0.375. The van der Waals surface area contributed by atoms with Gasteiger partial charge in [0.1, 0.15) is 23.2 Å². The van der Waals surface area contributed by atoms with Crippen molar-refractivity contribution in [2.75, 3.05) is 6.54 Å². The van der Waals surface area contributed by atoms with Gasteiger partial charge in [-0.1, -0.05) is 6.92 Å². The molecule has 0 bridgehead atoms. The van der Waals surface area contributed by atoms with E-state index in [9.17, 15) is 8.78 Å². The predicted molar refractivity (Wildman–Crippen MR) is 74.8 cm³/mol. The molecule has 2 nitrogen and oxygen atoms in total. The molecule has 1 aromatic carbocycles. The molecule has 1 N–H and O–H groups in total. The summed E-state index contributed by atoms with van der Waals surface area (Å²) in [6.07, 6.45) is 0. The second kappa shape index (κ2) is 5.75. The molecule has 0 radical (unpaired) electrons. The van der Waals surface area contributed by atoms with Crippen molar-refractivity contribution in [1.29, 1.82) is 0 Å². The highest BCUT2D eigenvalue weighted by Crippen LogP contribution is 2.32. The van der Waals surface area contributed by atoms with Gasteiger partial charge in [0, 0.05) is 11.6 Å². The molecule has 0 saturated carbocycles. The first-order chi connectivity index (χ1) is 9.43. The number of rotatable bonds is 4. The highest BCUT2D eigenvalue weighted by molar-refractivity contribution is 5.40. The van der Waals surface area contributed by atoms with Crippen molar-refractivity contribution in [3.63, 3.8) is 0 Å². The Hall–Kier alpha value is -1.68. The van der Waals surface area contributed by atoms with Crippen LogP contribution in [0.15, 0.2) is 22.6 Å². The molecule has 0 spiro atoms. The van der Waals surface area contributed by atoms with Crippen molar-refractivity contribution < 1.29 is 13.2 Å². The minimum Gasteiger partial charge on any atom is -0.466 e. The zero-order valence-electron chi connectivity index (χ0n) is 12.2. The van der Waals surface area contributed by atoms with Crippen LogP contribution < -0.4 is 5.32 Å². The molecule has 0 aliphatic carbocycles. The molecule has 1 heterocycles. The number of furan rings is 1. The summed E-state index contributed by atoms with van der Waals surface area (Å²) in [5, 5.41) is 3.27. The number of nitrogens with one attached hydrogen (secondary N) is 1. The molecule has 2 rings (SSSR count). The van der Waals surface area contributed by atoms with Crippen molar-refractivity contribution in [3.8, 4) is 0 Å². The van der Waals surface area contributed by atoms with Crippen molar-refractivity contribution in [3.05, 3.63) is 58.0 Å². The van der Waals surface area contributed by atoms with Crippen molar-refractivity contribution in [2.24, 2.45) is 0 Å². The minimum absolute atomic E-state index is 0.275. The summed E-state index contributed by atoms with van der Waals surface area (Å²) in [6, 6.07) is 3.32. The Morgan fingerprint density at radius 1 is 1.05 bits per heavy atom. The van der Waals surface area contributed by atoms with E-state index < -0.39 is 11.6 Å². The number of hydrogen-bond donors (Lipinski definition) is 1. The lowest BCUT2D eigenvalue weighted by molar-refractivity contribution is 0.493. The van der Waals surface area contributed by atoms with Crippen LogP contribution in [-0.2, 0) is 0 Å². The molecule has 108 valence electrons. The third-order valence-electron chi connectivity index (χ3n) is 3.53. The van der Waals surface area contributed by atoms with Crippen LogP contribution in [0.2, 0.25) is 0 Å². The first-order valence-electron chi connectivity index (χ1n) is 6.69. The Kier molecular flexibility index (Phi) is 4.23. The number of hydrogen-bond acceptors (Lipinski definition) is 2. The highest BCUT2D eigenvalue weighted by Gasteiger charge is 2.23. The molecule has 0 aliphatic heterocycles. The van der Waals surface area contributed by atoms with E-state index in [1.807, 2.05) is 27.7 Å². The maximum atomic E-state index is 13.5. The SMILES string of the molecule is CCNC(c1cc(F)cc(F)c1)c1c(C)oc(C)c1C. The first-order valence-corrected chi connectivity index (χ1v) is 6.69. The van der Waals surface area contributed by atoms with Crippen LogP contribution in [0.4, 0.5) is 8.78 Å². The second-order valence-electron chi connectivity index (χ2n) is 4.95. The Morgan fingerprint density at radius 2 is 1.65 bits per heavy atom. The Morgan fingerprint density at radius 3 is 2.10 bits per heavy atom. The van der Waals surface area contributed by atoms with Gasteiger partial charge < -0.3 is 9.73 Å². The van der Waals surface area contributed by atoms with Crippen LogP contribution in [0.5, 0.6) is 0 Å². The molecule has 4 heteroatoms. The summed E-state index contributed by atoms with van der Waals surface area (Å²) in [5.41, 5.74) is 2.53. The molecular formula is C16H19F2NO. The van der Waals surface area contributed by atoms with Gasteiger partial charge in [0.15, 0.2) is 0 Å². The summed E-state index contributed by atoms with van der Waals surface area (Å²) >= 11 is 0. The average molecular weight is 279 g/mol. The van der Waals surface area contributed by atoms with Crippen LogP contribution >= 0.6 is 0 Å². The molecule has 1 aromatic heterocycles. The molecule has 1 atom stereocenters. The van der Waals surface area contributed by atoms with Crippen molar-refractivity contribution in [1.82, 2.24) is 5.32 Å². The number of aryl methyl sites for hydroxylation is 2. The fourth-order valence-corrected chi connectivity index (χ4v) is 2.57. The minimum atomic E-state index is -0.571. The number of benzene rings is 1. The standard InChI is InChI=1S/C16H19F2NO/c1-5-19-16(12-6-13(17)8-14(18)7-12)15-9(2)10(3)20-11(15)4/h6-8,16,19H,5H2,1-4H3. The average Bonchev–Trinajstić information content (AvgIpc) is 2.60. The van der Waals surface area contributed by atoms with Gasteiger partial charge in [0.25, 0.3) is 0 Å². The van der Waals surface area contributed by atoms with Gasteiger partial charge in [-0.3, -0.25) is 0 Å². The lowest BCUT2D eigenvalue weighted by atomic mass is 9.95. The van der Waals surface area contributed by atoms with E-state index >= 15 is 0 Å². The van der Waals surface area contributed by atoms with Gasteiger partial charge in [-0.25, -0.2) is 8.78 Å². The fourth-order valence-electron chi connectivity index (χ4n) is 2.57. The topological polar surface area (TPSA) is 25.2 Å². The van der Waals surface area contributed by atoms with E-state index in [1.54, 1.807) is 0 Å². The summed E-state index contributed by atoms with van der Waals surface area (Å²) in [5.74, 6) is 0.463. The third-order valence-corrected chi connectivity index (χ3v) is 3.53. The van der Waals surface area contributed by atoms with Gasteiger partial charge in [0.2, 0.25) is 0 Å². The molecule has 0 fully saturated rings. The normalized spacial score (nSPS) is 12.7. The summed E-state index contributed by atoms with van der Waals surface area (Å²) in [7, 11) is 0. The molecule has 0 aliphatic rings. The maximum Gasteiger partial charge on any atom is 0.126 e. The van der Waals surface area contributed by atoms with Crippen molar-refractivity contribution >= 4 is 0 Å². The van der Waals surface area contributed by atoms with Crippen LogP contribution in [0.1, 0.15) is 41.2 Å². The summed E-state index contributed by atoms with van der Waals surface area (Å²) < 4.78 is 32.5.